The quantitative estimate of drug-likeness (QED) is 0.523. The van der Waals surface area contributed by atoms with Gasteiger partial charge in [-0.1, -0.05) is 41.9 Å². The van der Waals surface area contributed by atoms with Gasteiger partial charge in [0.1, 0.15) is 5.71 Å². The Morgan fingerprint density at radius 1 is 1.15 bits per heavy atom. The number of fused-ring (bicyclic) bond motifs is 1. The number of para-hydroxylation sites is 1. The molecule has 0 atom stereocenters. The molecule has 0 fully saturated rings. The average Bonchev–Trinajstić information content (AvgIpc) is 3.02. The zero-order valence-electron chi connectivity index (χ0n) is 14.4. The SMILES string of the molecule is C/C(=N\N1CCc2ccccc21)C(=O)/C=C(/c1ccc(Cl)cc1)C(F)(F)F. The van der Waals surface area contributed by atoms with E-state index in [1.807, 2.05) is 24.3 Å². The first kappa shape index (κ1) is 19.2. The molecule has 0 saturated heterocycles. The van der Waals surface area contributed by atoms with Crippen LogP contribution in [0.25, 0.3) is 5.57 Å². The number of nitrogens with zero attached hydrogens (tertiary/aromatic N) is 2. The van der Waals surface area contributed by atoms with E-state index in [1.54, 1.807) is 5.01 Å². The molecule has 1 heterocycles. The predicted octanol–water partition coefficient (Wildman–Crippen LogP) is 5.29. The van der Waals surface area contributed by atoms with Crippen molar-refractivity contribution in [2.75, 3.05) is 11.6 Å². The van der Waals surface area contributed by atoms with Crippen LogP contribution in [0, 0.1) is 0 Å². The van der Waals surface area contributed by atoms with Gasteiger partial charge in [-0.15, -0.1) is 0 Å². The van der Waals surface area contributed by atoms with E-state index in [1.165, 1.54) is 31.2 Å². The minimum Gasteiger partial charge on any atom is -0.288 e. The molecule has 0 N–H and O–H groups in total. The van der Waals surface area contributed by atoms with Crippen molar-refractivity contribution < 1.29 is 18.0 Å². The van der Waals surface area contributed by atoms with Crippen molar-refractivity contribution in [1.82, 2.24) is 0 Å². The highest BCUT2D eigenvalue weighted by Gasteiger charge is 2.35. The van der Waals surface area contributed by atoms with E-state index >= 15 is 0 Å². The molecule has 140 valence electrons. The fourth-order valence-electron chi connectivity index (χ4n) is 2.85. The van der Waals surface area contributed by atoms with Gasteiger partial charge in [-0.3, -0.25) is 9.80 Å². The van der Waals surface area contributed by atoms with Gasteiger partial charge < -0.3 is 0 Å². The standard InChI is InChI=1S/C20H16ClF3N2O/c1-13(25-26-11-10-15-4-2-3-5-18(15)26)19(27)12-17(20(22,23)24)14-6-8-16(21)9-7-14/h2-9,12H,10-11H2,1H3/b17-12-,25-13+. The van der Waals surface area contributed by atoms with Crippen LogP contribution in [0.5, 0.6) is 0 Å². The first-order valence-corrected chi connectivity index (χ1v) is 8.63. The smallest absolute Gasteiger partial charge is 0.288 e. The van der Waals surface area contributed by atoms with Crippen LogP contribution in [-0.4, -0.2) is 24.2 Å². The molecule has 0 unspecified atom stereocenters. The molecule has 0 saturated carbocycles. The summed E-state index contributed by atoms with van der Waals surface area (Å²) in [4.78, 5) is 12.4. The third-order valence-electron chi connectivity index (χ3n) is 4.23. The molecular weight excluding hydrogens is 377 g/mol. The number of carbonyl (C=O) groups excluding carboxylic acids is 1. The van der Waals surface area contributed by atoms with Crippen LogP contribution < -0.4 is 5.01 Å². The third kappa shape index (κ3) is 4.39. The maximum Gasteiger partial charge on any atom is 0.417 e. The lowest BCUT2D eigenvalue weighted by molar-refractivity contribution is -0.109. The minimum atomic E-state index is -4.68. The molecule has 2 aromatic rings. The molecule has 0 bridgehead atoms. The summed E-state index contributed by atoms with van der Waals surface area (Å²) >= 11 is 5.73. The van der Waals surface area contributed by atoms with Gasteiger partial charge in [0, 0.05) is 17.6 Å². The second-order valence-corrected chi connectivity index (χ2v) is 6.55. The Morgan fingerprint density at radius 2 is 1.81 bits per heavy atom. The summed E-state index contributed by atoms with van der Waals surface area (Å²) in [5.74, 6) is -0.790. The first-order chi connectivity index (χ1) is 12.8. The molecule has 1 aliphatic heterocycles. The van der Waals surface area contributed by atoms with E-state index in [9.17, 15) is 18.0 Å². The summed E-state index contributed by atoms with van der Waals surface area (Å²) in [6, 6.07) is 12.8. The summed E-state index contributed by atoms with van der Waals surface area (Å²) in [7, 11) is 0. The van der Waals surface area contributed by atoms with Crippen molar-refractivity contribution >= 4 is 34.4 Å². The van der Waals surface area contributed by atoms with Gasteiger partial charge in [-0.2, -0.15) is 18.3 Å². The summed E-state index contributed by atoms with van der Waals surface area (Å²) in [6.45, 7) is 1.99. The molecule has 0 aromatic heterocycles. The van der Waals surface area contributed by atoms with Gasteiger partial charge in [-0.05, 0) is 42.7 Å². The lowest BCUT2D eigenvalue weighted by Gasteiger charge is -2.14. The Bertz CT molecular complexity index is 918. The largest absolute Gasteiger partial charge is 0.417 e. The topological polar surface area (TPSA) is 32.7 Å². The summed E-state index contributed by atoms with van der Waals surface area (Å²) in [5, 5.41) is 6.19. The van der Waals surface area contributed by atoms with Crippen LogP contribution in [0.4, 0.5) is 18.9 Å². The van der Waals surface area contributed by atoms with Crippen molar-refractivity contribution in [3.05, 3.63) is 70.8 Å². The number of ketones is 1. The lowest BCUT2D eigenvalue weighted by Crippen LogP contribution is -2.20. The van der Waals surface area contributed by atoms with Crippen molar-refractivity contribution in [1.29, 1.82) is 0 Å². The van der Waals surface area contributed by atoms with E-state index in [-0.39, 0.29) is 11.3 Å². The maximum absolute atomic E-state index is 13.4. The normalized spacial score (nSPS) is 15.1. The monoisotopic (exact) mass is 392 g/mol. The first-order valence-electron chi connectivity index (χ1n) is 8.25. The zero-order valence-corrected chi connectivity index (χ0v) is 15.2. The van der Waals surface area contributed by atoms with Crippen LogP contribution in [-0.2, 0) is 11.2 Å². The number of hydrazone groups is 1. The number of anilines is 1. The van der Waals surface area contributed by atoms with Crippen LogP contribution in [0.15, 0.2) is 59.7 Å². The summed E-state index contributed by atoms with van der Waals surface area (Å²) in [6.07, 6.45) is -3.32. The average molecular weight is 393 g/mol. The number of halogens is 4. The second-order valence-electron chi connectivity index (χ2n) is 6.11. The lowest BCUT2D eigenvalue weighted by atomic mass is 10.0. The molecule has 0 radical (unpaired) electrons. The van der Waals surface area contributed by atoms with Gasteiger partial charge in [0.2, 0.25) is 5.78 Å². The Morgan fingerprint density at radius 3 is 2.48 bits per heavy atom. The van der Waals surface area contributed by atoms with Crippen LogP contribution in [0.3, 0.4) is 0 Å². The van der Waals surface area contributed by atoms with Crippen LogP contribution >= 0.6 is 11.6 Å². The Balaban J connectivity index is 1.89. The molecule has 2 aromatic carbocycles. The number of benzene rings is 2. The molecule has 3 nitrogen and oxygen atoms in total. The number of rotatable bonds is 4. The number of hydrogen-bond acceptors (Lipinski definition) is 3. The molecule has 1 aliphatic rings. The van der Waals surface area contributed by atoms with Gasteiger partial charge >= 0.3 is 6.18 Å². The fraction of sp³-hybridized carbons (Fsp3) is 0.200. The molecule has 0 amide bonds. The van der Waals surface area contributed by atoms with Gasteiger partial charge in [0.25, 0.3) is 0 Å². The molecule has 3 rings (SSSR count). The Hall–Kier alpha value is -2.60. The minimum absolute atomic E-state index is 0.0117. The van der Waals surface area contributed by atoms with Crippen molar-refractivity contribution in [3.63, 3.8) is 0 Å². The zero-order chi connectivity index (χ0) is 19.6. The molecular formula is C20H16ClF3N2O. The summed E-state index contributed by atoms with van der Waals surface area (Å²) in [5.41, 5.74) is 0.791. The van der Waals surface area contributed by atoms with Crippen LogP contribution in [0.2, 0.25) is 5.02 Å². The molecule has 7 heteroatoms. The van der Waals surface area contributed by atoms with Gasteiger partial charge in [0.15, 0.2) is 0 Å². The Kier molecular flexibility index (Phi) is 5.37. The van der Waals surface area contributed by atoms with E-state index in [0.29, 0.717) is 17.6 Å². The Labute approximate surface area is 159 Å². The highest BCUT2D eigenvalue weighted by Crippen LogP contribution is 2.34. The van der Waals surface area contributed by atoms with E-state index in [4.69, 9.17) is 11.6 Å². The van der Waals surface area contributed by atoms with Crippen molar-refractivity contribution in [3.8, 4) is 0 Å². The number of alkyl halides is 3. The third-order valence-corrected chi connectivity index (χ3v) is 4.48. The predicted molar refractivity (Wildman–Crippen MR) is 101 cm³/mol. The molecule has 27 heavy (non-hydrogen) atoms. The van der Waals surface area contributed by atoms with Crippen molar-refractivity contribution in [2.24, 2.45) is 5.10 Å². The van der Waals surface area contributed by atoms with Gasteiger partial charge in [-0.25, -0.2) is 0 Å². The highest BCUT2D eigenvalue weighted by molar-refractivity contribution is 6.44. The second kappa shape index (κ2) is 7.56. The number of allylic oxidation sites excluding steroid dienone is 2. The molecule has 0 spiro atoms. The van der Waals surface area contributed by atoms with Crippen LogP contribution in [0.1, 0.15) is 18.1 Å². The van der Waals surface area contributed by atoms with E-state index in [0.717, 1.165) is 17.7 Å². The molecule has 0 aliphatic carbocycles. The van der Waals surface area contributed by atoms with Crippen molar-refractivity contribution in [2.45, 2.75) is 19.5 Å². The van der Waals surface area contributed by atoms with Gasteiger partial charge in [0.05, 0.1) is 11.3 Å². The van der Waals surface area contributed by atoms with E-state index < -0.39 is 17.5 Å². The number of carbonyl (C=O) groups is 1. The van der Waals surface area contributed by atoms with E-state index in [2.05, 4.69) is 5.10 Å². The highest BCUT2D eigenvalue weighted by atomic mass is 35.5. The fourth-order valence-corrected chi connectivity index (χ4v) is 2.97. The number of hydrogen-bond donors (Lipinski definition) is 0. The maximum atomic E-state index is 13.4. The summed E-state index contributed by atoms with van der Waals surface area (Å²) < 4.78 is 40.3.